The fourth-order valence-electron chi connectivity index (χ4n) is 1.85. The predicted octanol–water partition coefficient (Wildman–Crippen LogP) is 1.03. The van der Waals surface area contributed by atoms with Crippen LogP contribution in [0, 0.1) is 17.0 Å². The Balaban J connectivity index is 2.75. The lowest BCUT2D eigenvalue weighted by Gasteiger charge is -2.11. The molecule has 0 saturated carbocycles. The van der Waals surface area contributed by atoms with Gasteiger partial charge in [-0.25, -0.2) is 17.8 Å². The Hall–Kier alpha value is -1.68. The van der Waals surface area contributed by atoms with Crippen LogP contribution in [0.15, 0.2) is 0 Å². The summed E-state index contributed by atoms with van der Waals surface area (Å²) in [4.78, 5) is 10.7. The molecule has 0 spiro atoms. The van der Waals surface area contributed by atoms with Gasteiger partial charge in [0.15, 0.2) is 0 Å². The molecule has 0 bridgehead atoms. The first-order chi connectivity index (χ1) is 9.63. The minimum atomic E-state index is -3.21. The molecule has 0 aliphatic heterocycles. The second-order valence-corrected chi connectivity index (χ2v) is 6.86. The van der Waals surface area contributed by atoms with Gasteiger partial charge < -0.3 is 5.32 Å². The molecule has 1 aromatic heterocycles. The van der Waals surface area contributed by atoms with Crippen molar-refractivity contribution in [3.8, 4) is 0 Å². The van der Waals surface area contributed by atoms with Crippen LogP contribution in [0.2, 0.25) is 0 Å². The van der Waals surface area contributed by atoms with Gasteiger partial charge in [-0.2, -0.15) is 5.10 Å². The lowest BCUT2D eigenvalue weighted by molar-refractivity contribution is -0.384. The first-order valence-electron chi connectivity index (χ1n) is 6.55. The molecule has 21 heavy (non-hydrogen) atoms. The van der Waals surface area contributed by atoms with Crippen LogP contribution in [-0.2, 0) is 10.0 Å². The molecule has 9 nitrogen and oxygen atoms in total. The highest BCUT2D eigenvalue weighted by atomic mass is 32.2. The molecular formula is C11H21N5O4S. The SMILES string of the molecule is Cc1nn(C(C)C)c(NCCCNS(C)(=O)=O)c1[N+](=O)[O-]. The molecule has 0 unspecified atom stereocenters. The second kappa shape index (κ2) is 6.85. The highest BCUT2D eigenvalue weighted by Gasteiger charge is 2.26. The van der Waals surface area contributed by atoms with E-state index in [1.54, 1.807) is 11.6 Å². The van der Waals surface area contributed by atoms with Gasteiger partial charge in [0.05, 0.1) is 11.2 Å². The van der Waals surface area contributed by atoms with Crippen molar-refractivity contribution in [2.75, 3.05) is 24.7 Å². The quantitative estimate of drug-likeness (QED) is 0.419. The van der Waals surface area contributed by atoms with Crippen LogP contribution in [0.5, 0.6) is 0 Å². The molecule has 0 radical (unpaired) electrons. The highest BCUT2D eigenvalue weighted by Crippen LogP contribution is 2.30. The smallest absolute Gasteiger partial charge is 0.333 e. The minimum Gasteiger partial charge on any atom is -0.364 e. The monoisotopic (exact) mass is 319 g/mol. The van der Waals surface area contributed by atoms with Crippen LogP contribution in [0.25, 0.3) is 0 Å². The van der Waals surface area contributed by atoms with Gasteiger partial charge >= 0.3 is 5.69 Å². The summed E-state index contributed by atoms with van der Waals surface area (Å²) in [6, 6.07) is -0.0194. The van der Waals surface area contributed by atoms with Crippen molar-refractivity contribution in [2.24, 2.45) is 0 Å². The molecule has 10 heteroatoms. The largest absolute Gasteiger partial charge is 0.364 e. The van der Waals surface area contributed by atoms with E-state index in [1.165, 1.54) is 0 Å². The van der Waals surface area contributed by atoms with Gasteiger partial charge in [0.25, 0.3) is 0 Å². The normalized spacial score (nSPS) is 11.9. The molecule has 1 aromatic rings. The van der Waals surface area contributed by atoms with Gasteiger partial charge in [-0.1, -0.05) is 0 Å². The third kappa shape index (κ3) is 4.97. The Morgan fingerprint density at radius 2 is 2.00 bits per heavy atom. The zero-order chi connectivity index (χ0) is 16.2. The lowest BCUT2D eigenvalue weighted by atomic mass is 10.3. The molecule has 1 rings (SSSR count). The first-order valence-corrected chi connectivity index (χ1v) is 8.44. The molecule has 0 saturated heterocycles. The zero-order valence-corrected chi connectivity index (χ0v) is 13.4. The lowest BCUT2D eigenvalue weighted by Crippen LogP contribution is -2.24. The number of hydrogen-bond acceptors (Lipinski definition) is 6. The van der Waals surface area contributed by atoms with Crippen molar-refractivity contribution in [3.05, 3.63) is 15.8 Å². The summed E-state index contributed by atoms with van der Waals surface area (Å²) in [5, 5.41) is 18.3. The number of sulfonamides is 1. The number of nitrogens with one attached hydrogen (secondary N) is 2. The number of hydrogen-bond donors (Lipinski definition) is 2. The van der Waals surface area contributed by atoms with E-state index in [2.05, 4.69) is 15.1 Å². The van der Waals surface area contributed by atoms with Crippen LogP contribution in [-0.4, -0.2) is 42.5 Å². The van der Waals surface area contributed by atoms with Crippen LogP contribution < -0.4 is 10.0 Å². The summed E-state index contributed by atoms with van der Waals surface area (Å²) < 4.78 is 25.8. The van der Waals surface area contributed by atoms with Crippen LogP contribution in [0.4, 0.5) is 11.5 Å². The van der Waals surface area contributed by atoms with E-state index in [0.29, 0.717) is 24.5 Å². The highest BCUT2D eigenvalue weighted by molar-refractivity contribution is 7.88. The van der Waals surface area contributed by atoms with Crippen molar-refractivity contribution in [1.82, 2.24) is 14.5 Å². The van der Waals surface area contributed by atoms with Crippen LogP contribution >= 0.6 is 0 Å². The third-order valence-corrected chi connectivity index (χ3v) is 3.46. The number of aryl methyl sites for hydroxylation is 1. The van der Waals surface area contributed by atoms with E-state index in [9.17, 15) is 18.5 Å². The fourth-order valence-corrected chi connectivity index (χ4v) is 2.36. The Morgan fingerprint density at radius 3 is 2.48 bits per heavy atom. The molecule has 0 aromatic carbocycles. The number of aromatic nitrogens is 2. The van der Waals surface area contributed by atoms with E-state index in [1.807, 2.05) is 13.8 Å². The summed E-state index contributed by atoms with van der Waals surface area (Å²) in [7, 11) is -3.21. The van der Waals surface area contributed by atoms with Gasteiger partial charge in [0.1, 0.15) is 5.69 Å². The fraction of sp³-hybridized carbons (Fsp3) is 0.727. The molecule has 0 aliphatic carbocycles. The van der Waals surface area contributed by atoms with Crippen molar-refractivity contribution in [1.29, 1.82) is 0 Å². The van der Waals surface area contributed by atoms with Gasteiger partial charge in [0, 0.05) is 19.1 Å². The Bertz CT molecular complexity index is 608. The molecule has 2 N–H and O–H groups in total. The number of nitrogens with zero attached hydrogens (tertiary/aromatic N) is 3. The number of anilines is 1. The maximum Gasteiger partial charge on any atom is 0.333 e. The second-order valence-electron chi connectivity index (χ2n) is 5.02. The van der Waals surface area contributed by atoms with Gasteiger partial charge in [-0.15, -0.1) is 0 Å². The maximum atomic E-state index is 11.1. The summed E-state index contributed by atoms with van der Waals surface area (Å²) in [6.45, 7) is 6.03. The van der Waals surface area contributed by atoms with Crippen molar-refractivity contribution < 1.29 is 13.3 Å². The van der Waals surface area contributed by atoms with Crippen LogP contribution in [0.1, 0.15) is 32.0 Å². The average Bonchev–Trinajstić information content (AvgIpc) is 2.64. The van der Waals surface area contributed by atoms with E-state index >= 15 is 0 Å². The first kappa shape index (κ1) is 17.4. The molecule has 1 heterocycles. The zero-order valence-electron chi connectivity index (χ0n) is 12.6. The molecular weight excluding hydrogens is 298 g/mol. The van der Waals surface area contributed by atoms with Gasteiger partial charge in [-0.3, -0.25) is 10.1 Å². The van der Waals surface area contributed by atoms with Crippen LogP contribution in [0.3, 0.4) is 0 Å². The van der Waals surface area contributed by atoms with E-state index < -0.39 is 14.9 Å². The van der Waals surface area contributed by atoms with Gasteiger partial charge in [-0.05, 0) is 27.2 Å². The molecule has 0 fully saturated rings. The maximum absolute atomic E-state index is 11.1. The van der Waals surface area contributed by atoms with Crippen molar-refractivity contribution in [3.63, 3.8) is 0 Å². The summed E-state index contributed by atoms with van der Waals surface area (Å²) in [5.41, 5.74) is 0.310. The Labute approximate surface area is 123 Å². The Kier molecular flexibility index (Phi) is 5.67. The summed E-state index contributed by atoms with van der Waals surface area (Å²) >= 11 is 0. The minimum absolute atomic E-state index is 0.0194. The third-order valence-electron chi connectivity index (χ3n) is 2.74. The standard InChI is InChI=1S/C11H21N5O4S/c1-8(2)15-11(10(16(17)18)9(3)14-15)12-6-5-7-13-21(4,19)20/h8,12-13H,5-7H2,1-4H3. The average molecular weight is 319 g/mol. The molecule has 0 atom stereocenters. The summed E-state index contributed by atoms with van der Waals surface area (Å²) in [5.74, 6) is 0.354. The van der Waals surface area contributed by atoms with Crippen molar-refractivity contribution >= 4 is 21.5 Å². The molecule has 0 amide bonds. The topological polar surface area (TPSA) is 119 Å². The van der Waals surface area contributed by atoms with E-state index in [-0.39, 0.29) is 18.3 Å². The molecule has 120 valence electrons. The molecule has 0 aliphatic rings. The predicted molar refractivity (Wildman–Crippen MR) is 80.0 cm³/mol. The van der Waals surface area contributed by atoms with Crippen molar-refractivity contribution in [2.45, 2.75) is 33.2 Å². The number of nitro groups is 1. The van der Waals surface area contributed by atoms with E-state index in [0.717, 1.165) is 6.26 Å². The van der Waals surface area contributed by atoms with Gasteiger partial charge in [0.2, 0.25) is 15.8 Å². The van der Waals surface area contributed by atoms with E-state index in [4.69, 9.17) is 0 Å². The number of rotatable bonds is 8. The summed E-state index contributed by atoms with van der Waals surface area (Å²) in [6.07, 6.45) is 1.59. The Morgan fingerprint density at radius 1 is 1.38 bits per heavy atom.